The van der Waals surface area contributed by atoms with Crippen molar-refractivity contribution >= 4 is 5.78 Å². The second-order valence-corrected chi connectivity index (χ2v) is 9.93. The van der Waals surface area contributed by atoms with E-state index in [9.17, 15) is 20.1 Å². The summed E-state index contributed by atoms with van der Waals surface area (Å²) < 4.78 is 0. The molecule has 4 saturated carbocycles. The lowest BCUT2D eigenvalue weighted by atomic mass is 9.41. The fraction of sp³-hybridized carbons (Fsp3) is 0.950. The molecule has 3 N–H and O–H groups in total. The van der Waals surface area contributed by atoms with Crippen molar-refractivity contribution < 1.29 is 20.1 Å². The molecule has 7 atom stereocenters. The van der Waals surface area contributed by atoms with E-state index in [-0.39, 0.29) is 41.7 Å². The van der Waals surface area contributed by atoms with Crippen LogP contribution in [0.3, 0.4) is 0 Å². The maximum absolute atomic E-state index is 12.6. The number of ketones is 1. The fourth-order valence-corrected chi connectivity index (χ4v) is 7.86. The first kappa shape index (κ1) is 17.0. The molecule has 0 unspecified atom stereocenters. The van der Waals surface area contributed by atoms with Gasteiger partial charge in [0, 0.05) is 6.42 Å². The highest BCUT2D eigenvalue weighted by Crippen LogP contribution is 2.72. The van der Waals surface area contributed by atoms with Gasteiger partial charge in [0.1, 0.15) is 5.78 Å². The van der Waals surface area contributed by atoms with Gasteiger partial charge >= 0.3 is 0 Å². The Labute approximate surface area is 144 Å². The summed E-state index contributed by atoms with van der Waals surface area (Å²) in [6, 6.07) is 0. The third-order valence-corrected chi connectivity index (χ3v) is 9.04. The number of fused-ring (bicyclic) bond motifs is 3. The molecule has 0 aliphatic heterocycles. The predicted octanol–water partition coefficient (Wildman–Crippen LogP) is 2.29. The molecule has 2 bridgehead atoms. The van der Waals surface area contributed by atoms with Gasteiger partial charge in [0.2, 0.25) is 0 Å². The first-order valence-corrected chi connectivity index (χ1v) is 9.71. The zero-order valence-electron chi connectivity index (χ0n) is 15.1. The van der Waals surface area contributed by atoms with Crippen LogP contribution in [-0.4, -0.2) is 39.9 Å². The molecule has 1 spiro atoms. The number of carbonyl (C=O) groups is 1. The highest BCUT2D eigenvalue weighted by molar-refractivity contribution is 5.86. The molecule has 0 aromatic carbocycles. The summed E-state index contributed by atoms with van der Waals surface area (Å²) in [6.07, 6.45) is 7.30. The van der Waals surface area contributed by atoms with Crippen molar-refractivity contribution in [2.45, 2.75) is 70.8 Å². The van der Waals surface area contributed by atoms with E-state index in [0.717, 1.165) is 44.9 Å². The lowest BCUT2D eigenvalue weighted by Gasteiger charge is -2.63. The van der Waals surface area contributed by atoms with Crippen LogP contribution < -0.4 is 0 Å². The zero-order chi connectivity index (χ0) is 17.4. The number of carbonyl (C=O) groups excluding carboxylic acids is 1. The van der Waals surface area contributed by atoms with E-state index in [1.807, 2.05) is 6.92 Å². The van der Waals surface area contributed by atoms with Crippen molar-refractivity contribution in [2.24, 2.45) is 34.0 Å². The Morgan fingerprint density at radius 3 is 2.46 bits per heavy atom. The van der Waals surface area contributed by atoms with E-state index in [1.54, 1.807) is 0 Å². The molecule has 4 aliphatic rings. The molecule has 0 aromatic heterocycles. The van der Waals surface area contributed by atoms with Crippen molar-refractivity contribution in [1.29, 1.82) is 0 Å². The van der Waals surface area contributed by atoms with Crippen molar-refractivity contribution in [3.8, 4) is 0 Å². The minimum absolute atomic E-state index is 0.0466. The SMILES string of the molecule is C[C@]12CCC(=O)[C@@](C)(CO)[C@@H]1CC[C@@]13C[C@@H](CC[C@@H]12)[C@@](O)(CO)C3. The van der Waals surface area contributed by atoms with E-state index >= 15 is 0 Å². The largest absolute Gasteiger partial charge is 0.395 e. The van der Waals surface area contributed by atoms with E-state index in [4.69, 9.17) is 0 Å². The number of hydrogen-bond donors (Lipinski definition) is 3. The highest BCUT2D eigenvalue weighted by Gasteiger charge is 2.68. The van der Waals surface area contributed by atoms with Gasteiger partial charge in [-0.25, -0.2) is 0 Å². The van der Waals surface area contributed by atoms with Crippen LogP contribution in [0, 0.1) is 34.0 Å². The van der Waals surface area contributed by atoms with Gasteiger partial charge in [-0.05, 0) is 73.5 Å². The average Bonchev–Trinajstić information content (AvgIpc) is 2.78. The molecule has 4 aliphatic carbocycles. The second kappa shape index (κ2) is 5.05. The van der Waals surface area contributed by atoms with Crippen LogP contribution in [0.2, 0.25) is 0 Å². The summed E-state index contributed by atoms with van der Waals surface area (Å²) in [6.45, 7) is 4.15. The summed E-state index contributed by atoms with van der Waals surface area (Å²) in [7, 11) is 0. The normalized spacial score (nSPS) is 56.7. The molecule has 0 heterocycles. The topological polar surface area (TPSA) is 77.8 Å². The number of hydrogen-bond acceptors (Lipinski definition) is 4. The Bertz CT molecular complexity index is 562. The Morgan fingerprint density at radius 1 is 1.04 bits per heavy atom. The van der Waals surface area contributed by atoms with Crippen LogP contribution >= 0.6 is 0 Å². The molecule has 4 heteroatoms. The van der Waals surface area contributed by atoms with E-state index in [2.05, 4.69) is 6.92 Å². The van der Waals surface area contributed by atoms with Crippen LogP contribution in [0.1, 0.15) is 65.2 Å². The molecule has 24 heavy (non-hydrogen) atoms. The van der Waals surface area contributed by atoms with Gasteiger partial charge in [0.15, 0.2) is 0 Å². The summed E-state index contributed by atoms with van der Waals surface area (Å²) in [5.74, 6) is 1.20. The second-order valence-electron chi connectivity index (χ2n) is 9.93. The molecule has 4 nitrogen and oxygen atoms in total. The number of aliphatic hydroxyl groups is 3. The fourth-order valence-electron chi connectivity index (χ4n) is 7.86. The lowest BCUT2D eigenvalue weighted by Crippen LogP contribution is -2.60. The molecular formula is C20H32O4. The van der Waals surface area contributed by atoms with Crippen molar-refractivity contribution in [3.05, 3.63) is 0 Å². The quantitative estimate of drug-likeness (QED) is 0.723. The first-order chi connectivity index (χ1) is 11.2. The Hall–Kier alpha value is -0.450. The highest BCUT2D eigenvalue weighted by atomic mass is 16.3. The third-order valence-electron chi connectivity index (χ3n) is 9.04. The summed E-state index contributed by atoms with van der Waals surface area (Å²) in [5.41, 5.74) is -1.31. The van der Waals surface area contributed by atoms with Gasteiger partial charge in [0.25, 0.3) is 0 Å². The van der Waals surface area contributed by atoms with Crippen molar-refractivity contribution in [2.75, 3.05) is 13.2 Å². The van der Waals surface area contributed by atoms with Gasteiger partial charge < -0.3 is 15.3 Å². The average molecular weight is 336 g/mol. The molecule has 0 amide bonds. The number of aliphatic hydroxyl groups excluding tert-OH is 2. The van der Waals surface area contributed by atoms with Crippen LogP contribution in [0.15, 0.2) is 0 Å². The predicted molar refractivity (Wildman–Crippen MR) is 90.2 cm³/mol. The zero-order valence-corrected chi connectivity index (χ0v) is 15.1. The third kappa shape index (κ3) is 1.88. The summed E-state index contributed by atoms with van der Waals surface area (Å²) in [5, 5.41) is 30.7. The monoisotopic (exact) mass is 336 g/mol. The molecule has 4 rings (SSSR count). The van der Waals surface area contributed by atoms with E-state index in [0.29, 0.717) is 12.3 Å². The minimum atomic E-state index is -0.900. The maximum atomic E-state index is 12.6. The Balaban J connectivity index is 1.73. The van der Waals surface area contributed by atoms with Gasteiger partial charge in [-0.2, -0.15) is 0 Å². The molecular weight excluding hydrogens is 304 g/mol. The smallest absolute Gasteiger partial charge is 0.141 e. The number of rotatable bonds is 2. The minimum Gasteiger partial charge on any atom is -0.395 e. The van der Waals surface area contributed by atoms with Crippen LogP contribution in [0.25, 0.3) is 0 Å². The Kier molecular flexibility index (Phi) is 3.57. The summed E-state index contributed by atoms with van der Waals surface area (Å²) in [4.78, 5) is 12.6. The molecule has 0 aromatic rings. The maximum Gasteiger partial charge on any atom is 0.141 e. The first-order valence-electron chi connectivity index (χ1n) is 9.71. The standard InChI is InChI=1S/C20H32O4/c1-17-7-6-16(23)18(2,11-21)14(17)5-8-19-9-13(3-4-15(17)19)20(24,10-19)12-22/h13-15,21-22,24H,3-12H2,1-2H3/t13-,14-,15-,17+,18+,19+,20+/m1/s1. The van der Waals surface area contributed by atoms with Gasteiger partial charge in [-0.15, -0.1) is 0 Å². The van der Waals surface area contributed by atoms with E-state index < -0.39 is 11.0 Å². The van der Waals surface area contributed by atoms with E-state index in [1.165, 1.54) is 0 Å². The van der Waals surface area contributed by atoms with Gasteiger partial charge in [-0.3, -0.25) is 4.79 Å². The molecule has 0 saturated heterocycles. The summed E-state index contributed by atoms with van der Waals surface area (Å²) >= 11 is 0. The lowest BCUT2D eigenvalue weighted by molar-refractivity contribution is -0.174. The molecule has 136 valence electrons. The molecule has 4 fully saturated rings. The van der Waals surface area contributed by atoms with Crippen molar-refractivity contribution in [1.82, 2.24) is 0 Å². The van der Waals surface area contributed by atoms with Crippen LogP contribution in [-0.2, 0) is 4.79 Å². The number of Topliss-reactive ketones (excluding diaryl/α,β-unsaturated/α-hetero) is 1. The van der Waals surface area contributed by atoms with Crippen molar-refractivity contribution in [3.63, 3.8) is 0 Å². The van der Waals surface area contributed by atoms with Crippen LogP contribution in [0.5, 0.6) is 0 Å². The Morgan fingerprint density at radius 2 is 1.79 bits per heavy atom. The van der Waals surface area contributed by atoms with Gasteiger partial charge in [0.05, 0.1) is 24.2 Å². The van der Waals surface area contributed by atoms with Crippen LogP contribution in [0.4, 0.5) is 0 Å². The van der Waals surface area contributed by atoms with Gasteiger partial charge in [-0.1, -0.05) is 13.8 Å². The molecule has 0 radical (unpaired) electrons.